The van der Waals surface area contributed by atoms with Crippen LogP contribution in [0.3, 0.4) is 0 Å². The first-order chi connectivity index (χ1) is 26.7. The molecule has 2 heteroatoms. The Morgan fingerprint density at radius 3 is 1.50 bits per heavy atom. The van der Waals surface area contributed by atoms with E-state index in [1.807, 2.05) is 18.2 Å². The summed E-state index contributed by atoms with van der Waals surface area (Å²) >= 11 is 0. The minimum absolute atomic E-state index is 0.883. The van der Waals surface area contributed by atoms with Crippen LogP contribution in [-0.4, -0.2) is 0 Å². The molecule has 254 valence electrons. The second-order valence-electron chi connectivity index (χ2n) is 13.8. The lowest BCUT2D eigenvalue weighted by Crippen LogP contribution is -2.10. The van der Waals surface area contributed by atoms with Crippen LogP contribution in [0.2, 0.25) is 0 Å². The van der Waals surface area contributed by atoms with Crippen LogP contribution >= 0.6 is 0 Å². The Balaban J connectivity index is 0.962. The molecule has 1 heterocycles. The van der Waals surface area contributed by atoms with Crippen molar-refractivity contribution in [2.45, 2.75) is 0 Å². The molecule has 0 bridgehead atoms. The van der Waals surface area contributed by atoms with E-state index in [1.165, 1.54) is 49.4 Å². The first-order valence-electron chi connectivity index (χ1n) is 18.4. The average molecular weight is 690 g/mol. The van der Waals surface area contributed by atoms with E-state index in [0.29, 0.717) is 0 Å². The lowest BCUT2D eigenvalue weighted by atomic mass is 9.98. The Morgan fingerprint density at radius 1 is 0.296 bits per heavy atom. The van der Waals surface area contributed by atoms with Crippen LogP contribution in [0.5, 0.6) is 0 Å². The molecule has 0 saturated carbocycles. The number of para-hydroxylation sites is 1. The van der Waals surface area contributed by atoms with E-state index in [9.17, 15) is 0 Å². The van der Waals surface area contributed by atoms with Crippen molar-refractivity contribution in [1.82, 2.24) is 0 Å². The van der Waals surface area contributed by atoms with E-state index < -0.39 is 0 Å². The van der Waals surface area contributed by atoms with Crippen molar-refractivity contribution >= 4 is 49.6 Å². The molecule has 0 N–H and O–H groups in total. The molecule has 54 heavy (non-hydrogen) atoms. The SMILES string of the molecule is c1cc(-c2ccc(-c3ccc(N(c4ccc(-c5ccc6ccccc6c5)cc4)c4cccc5ccccc45)cc3)cc2)cc(-c2cc3ccccc3o2)c1. The number of benzene rings is 9. The molecule has 9 aromatic carbocycles. The minimum atomic E-state index is 0.883. The van der Waals surface area contributed by atoms with Gasteiger partial charge in [0.05, 0.1) is 5.69 Å². The smallest absolute Gasteiger partial charge is 0.135 e. The van der Waals surface area contributed by atoms with E-state index in [4.69, 9.17) is 4.42 Å². The number of rotatable bonds is 7. The highest BCUT2D eigenvalue weighted by atomic mass is 16.3. The molecule has 0 spiro atoms. The summed E-state index contributed by atoms with van der Waals surface area (Å²) in [7, 11) is 0. The molecule has 0 atom stereocenters. The van der Waals surface area contributed by atoms with Gasteiger partial charge in [-0.15, -0.1) is 0 Å². The molecule has 0 fully saturated rings. The average Bonchev–Trinajstić information content (AvgIpc) is 3.69. The number of fused-ring (bicyclic) bond motifs is 3. The summed E-state index contributed by atoms with van der Waals surface area (Å²) in [4.78, 5) is 2.37. The molecular weight excluding hydrogens is 655 g/mol. The maximum atomic E-state index is 6.16. The molecule has 0 aliphatic heterocycles. The first-order valence-corrected chi connectivity index (χ1v) is 18.4. The van der Waals surface area contributed by atoms with Gasteiger partial charge in [-0.05, 0) is 104 Å². The number of nitrogens with zero attached hydrogens (tertiary/aromatic N) is 1. The van der Waals surface area contributed by atoms with Gasteiger partial charge in [-0.2, -0.15) is 0 Å². The van der Waals surface area contributed by atoms with Crippen molar-refractivity contribution in [3.8, 4) is 44.7 Å². The Hall–Kier alpha value is -7.16. The molecule has 2 nitrogen and oxygen atoms in total. The third kappa shape index (κ3) is 5.90. The van der Waals surface area contributed by atoms with Crippen LogP contribution < -0.4 is 4.90 Å². The second-order valence-corrected chi connectivity index (χ2v) is 13.8. The standard InChI is InChI=1S/C52H35NO/c1-2-11-42-33-44(24-23-36(42)9-1)40-27-31-48(32-28-40)53(50-17-8-13-41-10-3-5-16-49(41)50)47-29-25-38(26-30-47)37-19-21-39(22-20-37)43-14-7-15-45(34-43)52-35-46-12-4-6-18-51(46)54-52/h1-35H. The summed E-state index contributed by atoms with van der Waals surface area (Å²) in [5.74, 6) is 0.883. The van der Waals surface area contributed by atoms with Crippen molar-refractivity contribution in [2.24, 2.45) is 0 Å². The van der Waals surface area contributed by atoms with Crippen LogP contribution in [0.15, 0.2) is 217 Å². The zero-order chi connectivity index (χ0) is 35.8. The van der Waals surface area contributed by atoms with Gasteiger partial charge in [0.15, 0.2) is 0 Å². The van der Waals surface area contributed by atoms with Gasteiger partial charge >= 0.3 is 0 Å². The van der Waals surface area contributed by atoms with Crippen molar-refractivity contribution in [3.63, 3.8) is 0 Å². The summed E-state index contributed by atoms with van der Waals surface area (Å²) in [6, 6.07) is 76.0. The Kier molecular flexibility index (Phi) is 7.85. The van der Waals surface area contributed by atoms with E-state index in [-0.39, 0.29) is 0 Å². The Morgan fingerprint density at radius 2 is 0.796 bits per heavy atom. The quantitative estimate of drug-likeness (QED) is 0.166. The highest BCUT2D eigenvalue weighted by Crippen LogP contribution is 2.40. The second kappa shape index (κ2) is 13.4. The molecule has 0 unspecified atom stereocenters. The van der Waals surface area contributed by atoms with Crippen LogP contribution in [0.25, 0.3) is 77.2 Å². The van der Waals surface area contributed by atoms with Crippen molar-refractivity contribution in [2.75, 3.05) is 4.90 Å². The van der Waals surface area contributed by atoms with Gasteiger partial charge in [-0.25, -0.2) is 0 Å². The number of anilines is 3. The fourth-order valence-electron chi connectivity index (χ4n) is 7.64. The van der Waals surface area contributed by atoms with Crippen molar-refractivity contribution in [3.05, 3.63) is 212 Å². The number of hydrogen-bond donors (Lipinski definition) is 0. The largest absolute Gasteiger partial charge is 0.456 e. The zero-order valence-corrected chi connectivity index (χ0v) is 29.6. The molecule has 0 radical (unpaired) electrons. The normalized spacial score (nSPS) is 11.3. The van der Waals surface area contributed by atoms with Crippen LogP contribution in [0.1, 0.15) is 0 Å². The van der Waals surface area contributed by atoms with Crippen LogP contribution in [0, 0.1) is 0 Å². The molecule has 0 saturated heterocycles. The molecular formula is C52H35NO. The fourth-order valence-corrected chi connectivity index (χ4v) is 7.64. The highest BCUT2D eigenvalue weighted by molar-refractivity contribution is 5.99. The predicted octanol–water partition coefficient (Wildman–Crippen LogP) is 14.9. The molecule has 1 aromatic heterocycles. The fraction of sp³-hybridized carbons (Fsp3) is 0. The van der Waals surface area contributed by atoms with Crippen LogP contribution in [-0.2, 0) is 0 Å². The summed E-state index contributed by atoms with van der Waals surface area (Å²) in [6.45, 7) is 0. The predicted molar refractivity (Wildman–Crippen MR) is 228 cm³/mol. The monoisotopic (exact) mass is 689 g/mol. The highest BCUT2D eigenvalue weighted by Gasteiger charge is 2.16. The van der Waals surface area contributed by atoms with Crippen LogP contribution in [0.4, 0.5) is 17.1 Å². The van der Waals surface area contributed by atoms with E-state index in [1.54, 1.807) is 0 Å². The van der Waals surface area contributed by atoms with Crippen molar-refractivity contribution in [1.29, 1.82) is 0 Å². The lowest BCUT2D eigenvalue weighted by molar-refractivity contribution is 0.631. The van der Waals surface area contributed by atoms with E-state index >= 15 is 0 Å². The minimum Gasteiger partial charge on any atom is -0.456 e. The van der Waals surface area contributed by atoms with Gasteiger partial charge in [-0.1, -0.05) is 158 Å². The molecule has 0 aliphatic rings. The summed E-state index contributed by atoms with van der Waals surface area (Å²) in [6.07, 6.45) is 0. The van der Waals surface area contributed by atoms with E-state index in [2.05, 4.69) is 199 Å². The maximum absolute atomic E-state index is 6.16. The zero-order valence-electron chi connectivity index (χ0n) is 29.6. The van der Waals surface area contributed by atoms with Gasteiger partial charge in [0.1, 0.15) is 11.3 Å². The Bertz CT molecular complexity index is 2880. The molecule has 0 amide bonds. The van der Waals surface area contributed by atoms with Gasteiger partial charge < -0.3 is 9.32 Å². The van der Waals surface area contributed by atoms with Gasteiger partial charge in [0.2, 0.25) is 0 Å². The maximum Gasteiger partial charge on any atom is 0.135 e. The van der Waals surface area contributed by atoms with Gasteiger partial charge in [0.25, 0.3) is 0 Å². The summed E-state index contributed by atoms with van der Waals surface area (Å²) in [5, 5.41) is 6.04. The van der Waals surface area contributed by atoms with Gasteiger partial charge in [-0.3, -0.25) is 0 Å². The first kappa shape index (κ1) is 31.6. The molecule has 10 aromatic rings. The lowest BCUT2D eigenvalue weighted by Gasteiger charge is -2.27. The number of hydrogen-bond acceptors (Lipinski definition) is 2. The van der Waals surface area contributed by atoms with Gasteiger partial charge in [0, 0.05) is 27.7 Å². The molecule has 10 rings (SSSR count). The topological polar surface area (TPSA) is 16.4 Å². The Labute approximate surface area is 314 Å². The summed E-state index contributed by atoms with van der Waals surface area (Å²) < 4.78 is 6.16. The number of furan rings is 1. The summed E-state index contributed by atoms with van der Waals surface area (Å²) in [5.41, 5.74) is 12.4. The third-order valence-electron chi connectivity index (χ3n) is 10.5. The molecule has 0 aliphatic carbocycles. The van der Waals surface area contributed by atoms with Crippen molar-refractivity contribution < 1.29 is 4.42 Å². The third-order valence-corrected chi connectivity index (χ3v) is 10.5. The van der Waals surface area contributed by atoms with E-state index in [0.717, 1.165) is 44.9 Å².